The minimum Gasteiger partial charge on any atom is -1.00 e. The van der Waals surface area contributed by atoms with Crippen molar-refractivity contribution >= 4 is 12.2 Å². The SMILES string of the molecule is C[CH]1[CH](C)[Zr+2]1([CH]1C=Cc2cc(-c3ccccc3)ccc21)[CH]1C=Cc2cc(-c3ccccc3)ccc21.[Cl-].[Cl-]. The van der Waals surface area contributed by atoms with E-state index >= 15 is 0 Å². The molecule has 0 N–H and O–H groups in total. The standard InChI is InChI=1S/2C15H11.C4H8.2ClH.Zr/c2*1-2-5-12(6-3-1)15-10-9-13-7-4-8-14(13)11-15;1-3-4-2;;;/h2*1-11H;3-4H,1-2H3;2*1H;/q;;;;;+2/p-2. The molecule has 37 heavy (non-hydrogen) atoms. The van der Waals surface area contributed by atoms with E-state index in [2.05, 4.69) is 135 Å². The monoisotopic (exact) mass is 598 g/mol. The van der Waals surface area contributed by atoms with Crippen LogP contribution in [0.1, 0.15) is 43.4 Å². The Labute approximate surface area is 237 Å². The van der Waals surface area contributed by atoms with Crippen molar-refractivity contribution in [2.45, 2.75) is 28.4 Å². The van der Waals surface area contributed by atoms with E-state index in [1.165, 1.54) is 33.4 Å². The van der Waals surface area contributed by atoms with Gasteiger partial charge in [0.25, 0.3) is 0 Å². The van der Waals surface area contributed by atoms with Crippen molar-refractivity contribution in [3.8, 4) is 22.3 Å². The average Bonchev–Trinajstić information content (AvgIpc) is 3.28. The zero-order chi connectivity index (χ0) is 23.6. The van der Waals surface area contributed by atoms with Gasteiger partial charge in [0.1, 0.15) is 0 Å². The summed E-state index contributed by atoms with van der Waals surface area (Å²) in [6, 6.07) is 36.0. The number of rotatable bonds is 4. The van der Waals surface area contributed by atoms with Crippen LogP contribution < -0.4 is 24.8 Å². The first-order valence-electron chi connectivity index (χ1n) is 12.9. The van der Waals surface area contributed by atoms with E-state index in [4.69, 9.17) is 0 Å². The minimum atomic E-state index is -2.64. The Morgan fingerprint density at radius 2 is 0.892 bits per heavy atom. The second-order valence-electron chi connectivity index (χ2n) is 10.7. The summed E-state index contributed by atoms with van der Waals surface area (Å²) >= 11 is -2.64. The van der Waals surface area contributed by atoms with Crippen LogP contribution in [0.25, 0.3) is 34.4 Å². The van der Waals surface area contributed by atoms with Crippen LogP contribution in [0.15, 0.2) is 109 Å². The maximum Gasteiger partial charge on any atom is -1.00 e. The Kier molecular flexibility index (Phi) is 7.27. The predicted octanol–water partition coefficient (Wildman–Crippen LogP) is 3.65. The second kappa shape index (κ2) is 10.2. The van der Waals surface area contributed by atoms with Gasteiger partial charge in [-0.15, -0.1) is 0 Å². The molecule has 0 amide bonds. The molecule has 3 heteroatoms. The van der Waals surface area contributed by atoms with E-state index in [9.17, 15) is 0 Å². The number of halogens is 2. The molecule has 1 heterocycles. The molecule has 3 aliphatic rings. The number of hydrogen-bond acceptors (Lipinski definition) is 0. The quantitative estimate of drug-likeness (QED) is 0.336. The summed E-state index contributed by atoms with van der Waals surface area (Å²) in [5.41, 5.74) is 11.4. The molecule has 2 aliphatic carbocycles. The van der Waals surface area contributed by atoms with Gasteiger partial charge < -0.3 is 24.8 Å². The van der Waals surface area contributed by atoms with Crippen molar-refractivity contribution < 1.29 is 45.1 Å². The Balaban J connectivity index is 0.00000140. The Bertz CT molecular complexity index is 1370. The summed E-state index contributed by atoms with van der Waals surface area (Å²) in [6.45, 7) is 5.13. The third-order valence-corrected chi connectivity index (χ3v) is 26.3. The maximum absolute atomic E-state index is 2.64. The summed E-state index contributed by atoms with van der Waals surface area (Å²) in [5, 5.41) is 0. The molecule has 4 atom stereocenters. The first kappa shape index (κ1) is 26.4. The molecule has 0 aromatic heterocycles. The topological polar surface area (TPSA) is 0 Å². The maximum atomic E-state index is 2.60. The molecule has 0 spiro atoms. The van der Waals surface area contributed by atoms with Gasteiger partial charge in [0.15, 0.2) is 0 Å². The van der Waals surface area contributed by atoms with E-state index in [0.717, 1.165) is 7.25 Å². The fraction of sp³-hybridized carbons (Fsp3) is 0.176. The van der Waals surface area contributed by atoms with Gasteiger partial charge in [-0.05, 0) is 0 Å². The Morgan fingerprint density at radius 3 is 1.27 bits per heavy atom. The van der Waals surface area contributed by atoms with E-state index in [0.29, 0.717) is 7.25 Å². The third kappa shape index (κ3) is 4.06. The van der Waals surface area contributed by atoms with Crippen LogP contribution in [-0.2, 0) is 20.3 Å². The van der Waals surface area contributed by atoms with Crippen LogP contribution >= 0.6 is 0 Å². The summed E-state index contributed by atoms with van der Waals surface area (Å²) < 4.78 is 3.13. The molecule has 0 radical (unpaired) electrons. The van der Waals surface area contributed by atoms with Crippen molar-refractivity contribution in [3.05, 3.63) is 131 Å². The van der Waals surface area contributed by atoms with Crippen molar-refractivity contribution in [1.82, 2.24) is 0 Å². The molecule has 0 saturated carbocycles. The van der Waals surface area contributed by atoms with Gasteiger partial charge >= 0.3 is 214 Å². The zero-order valence-electron chi connectivity index (χ0n) is 21.1. The fourth-order valence-corrected chi connectivity index (χ4v) is 26.8. The number of benzene rings is 4. The minimum absolute atomic E-state index is 0. The molecule has 1 fully saturated rings. The first-order valence-corrected chi connectivity index (χ1v) is 18.6. The van der Waals surface area contributed by atoms with Crippen LogP contribution in [0.4, 0.5) is 0 Å². The summed E-state index contributed by atoms with van der Waals surface area (Å²) in [5.74, 6) is 0. The van der Waals surface area contributed by atoms with Gasteiger partial charge in [0.2, 0.25) is 0 Å². The molecular formula is C34H30Cl2Zr. The van der Waals surface area contributed by atoms with Crippen molar-refractivity contribution in [2.24, 2.45) is 0 Å². The summed E-state index contributed by atoms with van der Waals surface area (Å²) in [7, 11) is 0. The molecule has 184 valence electrons. The molecule has 0 nitrogen and oxygen atoms in total. The predicted molar refractivity (Wildman–Crippen MR) is 146 cm³/mol. The van der Waals surface area contributed by atoms with Crippen LogP contribution in [0.3, 0.4) is 0 Å². The van der Waals surface area contributed by atoms with Gasteiger partial charge in [-0.3, -0.25) is 0 Å². The van der Waals surface area contributed by atoms with E-state index in [1.807, 2.05) is 0 Å². The second-order valence-corrected chi connectivity index (χ2v) is 23.1. The van der Waals surface area contributed by atoms with Crippen molar-refractivity contribution in [3.63, 3.8) is 0 Å². The average molecular weight is 601 g/mol. The summed E-state index contributed by atoms with van der Waals surface area (Å²) in [4.78, 5) is 0. The first-order chi connectivity index (χ1) is 17.2. The normalized spacial score (nSPS) is 24.4. The van der Waals surface area contributed by atoms with Gasteiger partial charge in [-0.25, -0.2) is 0 Å². The number of fused-ring (bicyclic) bond motifs is 2. The summed E-state index contributed by atoms with van der Waals surface area (Å²) in [6.07, 6.45) is 10.1. The molecule has 4 aromatic rings. The molecular weight excluding hydrogens is 571 g/mol. The van der Waals surface area contributed by atoms with Crippen molar-refractivity contribution in [1.29, 1.82) is 0 Å². The van der Waals surface area contributed by atoms with Gasteiger partial charge in [-0.1, -0.05) is 0 Å². The van der Waals surface area contributed by atoms with Gasteiger partial charge in [0.05, 0.1) is 0 Å². The van der Waals surface area contributed by atoms with Gasteiger partial charge in [0, 0.05) is 0 Å². The Morgan fingerprint density at radius 1 is 0.486 bits per heavy atom. The fourth-order valence-electron chi connectivity index (χ4n) is 7.27. The Hall–Kier alpha value is -2.18. The van der Waals surface area contributed by atoms with Crippen LogP contribution in [0.5, 0.6) is 0 Å². The van der Waals surface area contributed by atoms with E-state index in [1.54, 1.807) is 11.1 Å². The van der Waals surface area contributed by atoms with Crippen LogP contribution in [0.2, 0.25) is 7.25 Å². The van der Waals surface area contributed by atoms with E-state index in [-0.39, 0.29) is 24.8 Å². The molecule has 4 unspecified atom stereocenters. The van der Waals surface area contributed by atoms with E-state index < -0.39 is 20.3 Å². The third-order valence-electron chi connectivity index (χ3n) is 9.29. The smallest absolute Gasteiger partial charge is 1.00 e. The number of allylic oxidation sites excluding steroid dienone is 2. The molecule has 1 aliphatic heterocycles. The molecule has 1 saturated heterocycles. The molecule has 7 rings (SSSR count). The van der Waals surface area contributed by atoms with Crippen molar-refractivity contribution in [2.75, 3.05) is 0 Å². The molecule has 4 aromatic carbocycles. The zero-order valence-corrected chi connectivity index (χ0v) is 25.1. The van der Waals surface area contributed by atoms with Crippen LogP contribution in [0, 0.1) is 0 Å². The van der Waals surface area contributed by atoms with Crippen LogP contribution in [-0.4, -0.2) is 0 Å². The number of hydrogen-bond donors (Lipinski definition) is 0. The largest absolute Gasteiger partial charge is 1.00 e. The van der Waals surface area contributed by atoms with Gasteiger partial charge in [-0.2, -0.15) is 0 Å². The molecule has 0 bridgehead atoms.